The third-order valence-electron chi connectivity index (χ3n) is 4.60. The number of amides is 1. The number of nitrogens with zero attached hydrogens (tertiary/aromatic N) is 4. The molecule has 0 N–H and O–H groups in total. The first-order valence-electron chi connectivity index (χ1n) is 8.77. The third kappa shape index (κ3) is 4.24. The summed E-state index contributed by atoms with van der Waals surface area (Å²) in [6, 6.07) is 5.95. The smallest absolute Gasteiger partial charge is 0.236 e. The predicted octanol–water partition coefficient (Wildman–Crippen LogP) is 1.23. The molecule has 2 saturated heterocycles. The molecular weight excluding hydrogens is 304 g/mol. The van der Waals surface area contributed by atoms with Gasteiger partial charge in [0.1, 0.15) is 5.82 Å². The lowest BCUT2D eigenvalue weighted by atomic mass is 10.1. The summed E-state index contributed by atoms with van der Waals surface area (Å²) in [6.45, 7) is 11.6. The molecule has 0 spiro atoms. The maximum atomic E-state index is 12.6. The molecule has 3 heterocycles. The standard InChI is InChI=1S/C18H28N4O2/c1-15-12-20(14-18(2,3)24-15)13-17(23)22-10-8-21(9-11-22)16-6-4-5-7-19-16/h4-7,15H,8-14H2,1-3H3/t15-/m1/s1. The molecule has 6 nitrogen and oxygen atoms in total. The van der Waals surface area contributed by atoms with Crippen LogP contribution in [0.2, 0.25) is 0 Å². The summed E-state index contributed by atoms with van der Waals surface area (Å²) in [4.78, 5) is 23.5. The molecule has 1 aromatic heterocycles. The summed E-state index contributed by atoms with van der Waals surface area (Å²) >= 11 is 0. The Morgan fingerprint density at radius 1 is 1.29 bits per heavy atom. The van der Waals surface area contributed by atoms with Crippen molar-refractivity contribution in [2.75, 3.05) is 50.7 Å². The molecule has 2 aliphatic rings. The maximum absolute atomic E-state index is 12.6. The fourth-order valence-electron chi connectivity index (χ4n) is 3.72. The van der Waals surface area contributed by atoms with Crippen LogP contribution in [0.25, 0.3) is 0 Å². The van der Waals surface area contributed by atoms with E-state index in [1.165, 1.54) is 0 Å². The summed E-state index contributed by atoms with van der Waals surface area (Å²) in [5.74, 6) is 1.22. The van der Waals surface area contributed by atoms with Crippen molar-refractivity contribution in [2.24, 2.45) is 0 Å². The summed E-state index contributed by atoms with van der Waals surface area (Å²) < 4.78 is 5.91. The van der Waals surface area contributed by atoms with Gasteiger partial charge in [-0.25, -0.2) is 4.98 Å². The van der Waals surface area contributed by atoms with E-state index in [1.807, 2.05) is 29.3 Å². The van der Waals surface area contributed by atoms with Crippen molar-refractivity contribution in [3.63, 3.8) is 0 Å². The quantitative estimate of drug-likeness (QED) is 0.833. The number of hydrogen-bond acceptors (Lipinski definition) is 5. The molecule has 1 amide bonds. The number of morpholine rings is 1. The van der Waals surface area contributed by atoms with E-state index < -0.39 is 0 Å². The molecule has 0 bridgehead atoms. The molecular formula is C18H28N4O2. The second kappa shape index (κ2) is 7.07. The SMILES string of the molecule is C[C@@H]1CN(CC(=O)N2CCN(c3ccccn3)CC2)CC(C)(C)O1. The van der Waals surface area contributed by atoms with Gasteiger partial charge >= 0.3 is 0 Å². The highest BCUT2D eigenvalue weighted by Gasteiger charge is 2.33. The molecule has 0 unspecified atom stereocenters. The highest BCUT2D eigenvalue weighted by atomic mass is 16.5. The molecule has 0 saturated carbocycles. The topological polar surface area (TPSA) is 48.9 Å². The molecule has 0 radical (unpaired) electrons. The summed E-state index contributed by atoms with van der Waals surface area (Å²) in [5.41, 5.74) is -0.185. The molecule has 2 fully saturated rings. The molecule has 6 heteroatoms. The van der Waals surface area contributed by atoms with Gasteiger partial charge in [-0.05, 0) is 32.9 Å². The van der Waals surface area contributed by atoms with Crippen LogP contribution in [0.15, 0.2) is 24.4 Å². The van der Waals surface area contributed by atoms with E-state index in [9.17, 15) is 4.79 Å². The molecule has 1 atom stereocenters. The first kappa shape index (κ1) is 17.2. The zero-order chi connectivity index (χ0) is 17.2. The zero-order valence-electron chi connectivity index (χ0n) is 14.9. The van der Waals surface area contributed by atoms with Gasteiger partial charge in [-0.1, -0.05) is 6.07 Å². The Morgan fingerprint density at radius 3 is 2.67 bits per heavy atom. The van der Waals surface area contributed by atoms with Crippen LogP contribution >= 0.6 is 0 Å². The van der Waals surface area contributed by atoms with Crippen molar-refractivity contribution in [1.29, 1.82) is 0 Å². The van der Waals surface area contributed by atoms with Gasteiger partial charge in [0.05, 0.1) is 18.2 Å². The monoisotopic (exact) mass is 332 g/mol. The molecule has 0 aromatic carbocycles. The molecule has 0 aliphatic carbocycles. The highest BCUT2D eigenvalue weighted by Crippen LogP contribution is 2.21. The van der Waals surface area contributed by atoms with E-state index in [-0.39, 0.29) is 17.6 Å². The number of piperazine rings is 1. The highest BCUT2D eigenvalue weighted by molar-refractivity contribution is 5.78. The molecule has 1 aromatic rings. The Morgan fingerprint density at radius 2 is 2.04 bits per heavy atom. The van der Waals surface area contributed by atoms with Gasteiger partial charge in [0.15, 0.2) is 0 Å². The van der Waals surface area contributed by atoms with Crippen LogP contribution in [0, 0.1) is 0 Å². The van der Waals surface area contributed by atoms with Gasteiger partial charge in [0.2, 0.25) is 5.91 Å². The normalized spacial score (nSPS) is 24.9. The second-order valence-electron chi connectivity index (χ2n) is 7.41. The molecule has 24 heavy (non-hydrogen) atoms. The Kier molecular flexibility index (Phi) is 5.06. The number of hydrogen-bond donors (Lipinski definition) is 0. The number of carbonyl (C=O) groups excluding carboxylic acids is 1. The average Bonchev–Trinajstić information content (AvgIpc) is 2.54. The van der Waals surface area contributed by atoms with E-state index in [4.69, 9.17) is 4.74 Å². The molecule has 2 aliphatic heterocycles. The van der Waals surface area contributed by atoms with Crippen LogP contribution in [0.4, 0.5) is 5.82 Å². The van der Waals surface area contributed by atoms with Crippen LogP contribution in [-0.4, -0.2) is 78.2 Å². The van der Waals surface area contributed by atoms with Gasteiger partial charge in [-0.3, -0.25) is 9.69 Å². The fourth-order valence-corrected chi connectivity index (χ4v) is 3.72. The number of pyridine rings is 1. The first-order valence-corrected chi connectivity index (χ1v) is 8.77. The van der Waals surface area contributed by atoms with Crippen LogP contribution in [0.3, 0.4) is 0 Å². The third-order valence-corrected chi connectivity index (χ3v) is 4.60. The predicted molar refractivity (Wildman–Crippen MR) is 94.1 cm³/mol. The lowest BCUT2D eigenvalue weighted by Gasteiger charge is -2.42. The van der Waals surface area contributed by atoms with Gasteiger partial charge < -0.3 is 14.5 Å². The van der Waals surface area contributed by atoms with E-state index in [2.05, 4.69) is 35.6 Å². The Bertz CT molecular complexity index is 555. The average molecular weight is 332 g/mol. The number of anilines is 1. The Labute approximate surface area is 144 Å². The molecule has 132 valence electrons. The van der Waals surface area contributed by atoms with Crippen molar-refractivity contribution >= 4 is 11.7 Å². The number of carbonyl (C=O) groups is 1. The van der Waals surface area contributed by atoms with Crippen LogP contribution in [0.1, 0.15) is 20.8 Å². The van der Waals surface area contributed by atoms with Crippen molar-refractivity contribution in [1.82, 2.24) is 14.8 Å². The second-order valence-corrected chi connectivity index (χ2v) is 7.41. The minimum absolute atomic E-state index is 0.169. The number of rotatable bonds is 3. The van der Waals surface area contributed by atoms with E-state index in [0.717, 1.165) is 45.1 Å². The number of ether oxygens (including phenoxy) is 1. The van der Waals surface area contributed by atoms with Gasteiger partial charge in [0.25, 0.3) is 0 Å². The largest absolute Gasteiger partial charge is 0.370 e. The van der Waals surface area contributed by atoms with Crippen molar-refractivity contribution in [2.45, 2.75) is 32.5 Å². The number of aromatic nitrogens is 1. The summed E-state index contributed by atoms with van der Waals surface area (Å²) in [5, 5.41) is 0. The lowest BCUT2D eigenvalue weighted by molar-refractivity contribution is -0.145. The fraction of sp³-hybridized carbons (Fsp3) is 0.667. The van der Waals surface area contributed by atoms with Crippen LogP contribution in [-0.2, 0) is 9.53 Å². The summed E-state index contributed by atoms with van der Waals surface area (Å²) in [7, 11) is 0. The van der Waals surface area contributed by atoms with E-state index >= 15 is 0 Å². The van der Waals surface area contributed by atoms with Crippen molar-refractivity contribution < 1.29 is 9.53 Å². The van der Waals surface area contributed by atoms with Crippen molar-refractivity contribution in [3.8, 4) is 0 Å². The first-order chi connectivity index (χ1) is 11.4. The van der Waals surface area contributed by atoms with E-state index in [0.29, 0.717) is 6.54 Å². The van der Waals surface area contributed by atoms with Crippen LogP contribution < -0.4 is 4.90 Å². The molecule has 3 rings (SSSR count). The van der Waals surface area contributed by atoms with Gasteiger partial charge in [-0.15, -0.1) is 0 Å². The van der Waals surface area contributed by atoms with E-state index in [1.54, 1.807) is 0 Å². The zero-order valence-corrected chi connectivity index (χ0v) is 14.9. The Balaban J connectivity index is 1.50. The van der Waals surface area contributed by atoms with Gasteiger partial charge in [-0.2, -0.15) is 0 Å². The lowest BCUT2D eigenvalue weighted by Crippen LogP contribution is -2.56. The summed E-state index contributed by atoms with van der Waals surface area (Å²) in [6.07, 6.45) is 1.98. The van der Waals surface area contributed by atoms with Crippen molar-refractivity contribution in [3.05, 3.63) is 24.4 Å². The minimum atomic E-state index is -0.185. The van der Waals surface area contributed by atoms with Crippen LogP contribution in [0.5, 0.6) is 0 Å². The van der Waals surface area contributed by atoms with Gasteiger partial charge in [0, 0.05) is 45.5 Å². The maximum Gasteiger partial charge on any atom is 0.236 e. The Hall–Kier alpha value is -1.66. The minimum Gasteiger partial charge on any atom is -0.370 e.